The molecule has 0 aromatic heterocycles. The standard InChI is InChI=1S/C24H30N2O3/c1-24(2,3)19-10-6-7-11-20(19)25-23(28)18-15-22(27)26(16-18)14-13-17-9-5-8-12-21(17)29-4/h5-12,18H,13-16H2,1-4H3,(H,25,28). The van der Waals surface area contributed by atoms with Crippen LogP contribution in [0.25, 0.3) is 0 Å². The maximum absolute atomic E-state index is 12.8. The van der Waals surface area contributed by atoms with E-state index in [0.717, 1.165) is 22.6 Å². The van der Waals surface area contributed by atoms with E-state index in [9.17, 15) is 9.59 Å². The van der Waals surface area contributed by atoms with Crippen molar-refractivity contribution in [3.05, 3.63) is 59.7 Å². The normalized spacial score (nSPS) is 16.8. The number of ether oxygens (including phenoxy) is 1. The number of nitrogens with one attached hydrogen (secondary N) is 1. The molecule has 1 aliphatic heterocycles. The van der Waals surface area contributed by atoms with E-state index >= 15 is 0 Å². The first-order valence-corrected chi connectivity index (χ1v) is 10.1. The molecule has 0 saturated carbocycles. The summed E-state index contributed by atoms with van der Waals surface area (Å²) < 4.78 is 5.38. The van der Waals surface area contributed by atoms with Crippen LogP contribution in [0.2, 0.25) is 0 Å². The van der Waals surface area contributed by atoms with Crippen LogP contribution in [0, 0.1) is 5.92 Å². The second-order valence-electron chi connectivity index (χ2n) is 8.59. The van der Waals surface area contributed by atoms with Gasteiger partial charge in [-0.3, -0.25) is 9.59 Å². The highest BCUT2D eigenvalue weighted by atomic mass is 16.5. The van der Waals surface area contributed by atoms with Gasteiger partial charge in [-0.25, -0.2) is 0 Å². The van der Waals surface area contributed by atoms with Crippen molar-refractivity contribution in [2.75, 3.05) is 25.5 Å². The number of para-hydroxylation sites is 2. The molecule has 2 amide bonds. The molecule has 1 aliphatic rings. The van der Waals surface area contributed by atoms with Crippen molar-refractivity contribution in [3.63, 3.8) is 0 Å². The number of likely N-dealkylation sites (tertiary alicyclic amines) is 1. The fourth-order valence-corrected chi connectivity index (χ4v) is 3.81. The number of hydrogen-bond donors (Lipinski definition) is 1. The number of methoxy groups -OCH3 is 1. The molecule has 2 aromatic rings. The van der Waals surface area contributed by atoms with Gasteiger partial charge in [-0.05, 0) is 35.1 Å². The van der Waals surface area contributed by atoms with E-state index in [-0.39, 0.29) is 29.6 Å². The zero-order chi connectivity index (χ0) is 21.0. The average Bonchev–Trinajstić information content (AvgIpc) is 3.07. The maximum Gasteiger partial charge on any atom is 0.229 e. The number of hydrogen-bond acceptors (Lipinski definition) is 3. The van der Waals surface area contributed by atoms with E-state index in [1.165, 1.54) is 0 Å². The first kappa shape index (κ1) is 20.9. The van der Waals surface area contributed by atoms with Gasteiger partial charge in [-0.15, -0.1) is 0 Å². The molecule has 2 aromatic carbocycles. The van der Waals surface area contributed by atoms with Gasteiger partial charge in [0.1, 0.15) is 5.75 Å². The minimum Gasteiger partial charge on any atom is -0.496 e. The molecule has 1 unspecified atom stereocenters. The van der Waals surface area contributed by atoms with Gasteiger partial charge in [-0.2, -0.15) is 0 Å². The van der Waals surface area contributed by atoms with Crippen LogP contribution in [0.3, 0.4) is 0 Å². The molecule has 1 fully saturated rings. The molecule has 0 bridgehead atoms. The van der Waals surface area contributed by atoms with Gasteiger partial charge >= 0.3 is 0 Å². The van der Waals surface area contributed by atoms with Gasteiger partial charge in [0.25, 0.3) is 0 Å². The number of rotatable bonds is 6. The number of anilines is 1. The van der Waals surface area contributed by atoms with Crippen molar-refractivity contribution in [1.82, 2.24) is 4.90 Å². The summed E-state index contributed by atoms with van der Waals surface area (Å²) in [5.74, 6) is 0.444. The van der Waals surface area contributed by atoms with Crippen LogP contribution >= 0.6 is 0 Å². The summed E-state index contributed by atoms with van der Waals surface area (Å²) in [5, 5.41) is 3.05. The number of benzene rings is 2. The van der Waals surface area contributed by atoms with Gasteiger partial charge in [0.2, 0.25) is 11.8 Å². The fraction of sp³-hybridized carbons (Fsp3) is 0.417. The highest BCUT2D eigenvalue weighted by molar-refractivity contribution is 5.97. The smallest absolute Gasteiger partial charge is 0.229 e. The summed E-state index contributed by atoms with van der Waals surface area (Å²) in [7, 11) is 1.65. The highest BCUT2D eigenvalue weighted by Gasteiger charge is 2.34. The second kappa shape index (κ2) is 8.68. The van der Waals surface area contributed by atoms with Crippen molar-refractivity contribution in [3.8, 4) is 5.75 Å². The lowest BCUT2D eigenvalue weighted by molar-refractivity contribution is -0.128. The van der Waals surface area contributed by atoms with Gasteiger partial charge in [0.15, 0.2) is 0 Å². The maximum atomic E-state index is 12.8. The molecule has 154 valence electrons. The number of carbonyl (C=O) groups excluding carboxylic acids is 2. The van der Waals surface area contributed by atoms with Crippen LogP contribution in [0.1, 0.15) is 38.3 Å². The van der Waals surface area contributed by atoms with Crippen molar-refractivity contribution in [2.45, 2.75) is 39.0 Å². The Morgan fingerprint density at radius 1 is 1.14 bits per heavy atom. The van der Waals surface area contributed by atoms with Crippen LogP contribution in [0.5, 0.6) is 5.75 Å². The minimum atomic E-state index is -0.326. The van der Waals surface area contributed by atoms with Gasteiger partial charge in [0.05, 0.1) is 13.0 Å². The molecule has 1 N–H and O–H groups in total. The zero-order valence-electron chi connectivity index (χ0n) is 17.7. The Labute approximate surface area is 173 Å². The molecule has 29 heavy (non-hydrogen) atoms. The quantitative estimate of drug-likeness (QED) is 0.805. The Kier molecular flexibility index (Phi) is 6.26. The fourth-order valence-electron chi connectivity index (χ4n) is 3.81. The van der Waals surface area contributed by atoms with Crippen LogP contribution in [0.4, 0.5) is 5.69 Å². The third-order valence-electron chi connectivity index (χ3n) is 5.42. The van der Waals surface area contributed by atoms with Crippen molar-refractivity contribution in [1.29, 1.82) is 0 Å². The third-order valence-corrected chi connectivity index (χ3v) is 5.42. The molecular formula is C24H30N2O3. The Morgan fingerprint density at radius 3 is 2.55 bits per heavy atom. The lowest BCUT2D eigenvalue weighted by Gasteiger charge is -2.23. The van der Waals surface area contributed by atoms with Crippen molar-refractivity contribution < 1.29 is 14.3 Å². The van der Waals surface area contributed by atoms with Crippen molar-refractivity contribution >= 4 is 17.5 Å². The molecule has 5 heteroatoms. The van der Waals surface area contributed by atoms with Gasteiger partial charge in [-0.1, -0.05) is 57.2 Å². The largest absolute Gasteiger partial charge is 0.496 e. The molecule has 5 nitrogen and oxygen atoms in total. The molecule has 3 rings (SSSR count). The third kappa shape index (κ3) is 4.97. The van der Waals surface area contributed by atoms with Crippen LogP contribution in [0.15, 0.2) is 48.5 Å². The summed E-state index contributed by atoms with van der Waals surface area (Å²) in [5.41, 5.74) is 2.90. The summed E-state index contributed by atoms with van der Waals surface area (Å²) in [4.78, 5) is 27.1. The second-order valence-corrected chi connectivity index (χ2v) is 8.59. The van der Waals surface area contributed by atoms with Gasteiger partial charge < -0.3 is 15.0 Å². The zero-order valence-corrected chi connectivity index (χ0v) is 17.7. The lowest BCUT2D eigenvalue weighted by atomic mass is 9.85. The Balaban J connectivity index is 1.62. The monoisotopic (exact) mass is 394 g/mol. The predicted octanol–water partition coefficient (Wildman–Crippen LogP) is 4.02. The van der Waals surface area contributed by atoms with E-state index in [2.05, 4.69) is 26.1 Å². The van der Waals surface area contributed by atoms with Crippen LogP contribution < -0.4 is 10.1 Å². The van der Waals surface area contributed by atoms with Crippen LogP contribution in [-0.4, -0.2) is 36.9 Å². The van der Waals surface area contributed by atoms with E-state index in [1.807, 2.05) is 48.5 Å². The minimum absolute atomic E-state index is 0.0316. The first-order chi connectivity index (χ1) is 13.8. The molecular weight excluding hydrogens is 364 g/mol. The summed E-state index contributed by atoms with van der Waals surface area (Å²) >= 11 is 0. The Hall–Kier alpha value is -2.82. The Morgan fingerprint density at radius 2 is 1.83 bits per heavy atom. The first-order valence-electron chi connectivity index (χ1n) is 10.1. The van der Waals surface area contributed by atoms with E-state index in [0.29, 0.717) is 19.5 Å². The molecule has 1 saturated heterocycles. The van der Waals surface area contributed by atoms with E-state index in [1.54, 1.807) is 12.0 Å². The predicted molar refractivity (Wildman–Crippen MR) is 115 cm³/mol. The molecule has 0 spiro atoms. The lowest BCUT2D eigenvalue weighted by Crippen LogP contribution is -2.30. The Bertz CT molecular complexity index is 886. The summed E-state index contributed by atoms with van der Waals surface area (Å²) in [6, 6.07) is 15.7. The molecule has 0 radical (unpaired) electrons. The van der Waals surface area contributed by atoms with E-state index in [4.69, 9.17) is 4.74 Å². The SMILES string of the molecule is COc1ccccc1CCN1CC(C(=O)Nc2ccccc2C(C)(C)C)CC1=O. The number of nitrogens with zero attached hydrogens (tertiary/aromatic N) is 1. The van der Waals surface area contributed by atoms with Crippen LogP contribution in [-0.2, 0) is 21.4 Å². The highest BCUT2D eigenvalue weighted by Crippen LogP contribution is 2.30. The van der Waals surface area contributed by atoms with Crippen molar-refractivity contribution in [2.24, 2.45) is 5.92 Å². The topological polar surface area (TPSA) is 58.6 Å². The molecule has 1 heterocycles. The average molecular weight is 395 g/mol. The molecule has 0 aliphatic carbocycles. The van der Waals surface area contributed by atoms with Gasteiger partial charge in [0, 0.05) is 25.2 Å². The number of carbonyl (C=O) groups is 2. The van der Waals surface area contributed by atoms with E-state index < -0.39 is 0 Å². The molecule has 1 atom stereocenters. The summed E-state index contributed by atoms with van der Waals surface area (Å²) in [6.45, 7) is 7.41. The summed E-state index contributed by atoms with van der Waals surface area (Å²) in [6.07, 6.45) is 0.965. The number of amides is 2.